The van der Waals surface area contributed by atoms with Crippen LogP contribution in [0.1, 0.15) is 24.5 Å². The van der Waals surface area contributed by atoms with Gasteiger partial charge in [-0.25, -0.2) is 0 Å². The number of fused-ring (bicyclic) bond motifs is 1. The third-order valence-corrected chi connectivity index (χ3v) is 2.60. The summed E-state index contributed by atoms with van der Waals surface area (Å²) in [5.41, 5.74) is 1.90. The molecule has 0 radical (unpaired) electrons. The zero-order valence-electron chi connectivity index (χ0n) is 9.08. The molecule has 80 valence electrons. The number of aromatic amines is 1. The van der Waals surface area contributed by atoms with Gasteiger partial charge in [0.25, 0.3) is 0 Å². The van der Waals surface area contributed by atoms with Crippen molar-refractivity contribution < 1.29 is 0 Å². The van der Waals surface area contributed by atoms with Crippen molar-refractivity contribution in [1.82, 2.24) is 4.98 Å². The molecule has 0 amide bonds. The van der Waals surface area contributed by atoms with Crippen molar-refractivity contribution in [2.75, 3.05) is 0 Å². The number of aromatic nitrogens is 1. The lowest BCUT2D eigenvalue weighted by atomic mass is 10.1. The summed E-state index contributed by atoms with van der Waals surface area (Å²) >= 11 is 0. The van der Waals surface area contributed by atoms with Crippen molar-refractivity contribution in [2.24, 2.45) is 0 Å². The fourth-order valence-electron chi connectivity index (χ4n) is 1.79. The molecule has 0 bridgehead atoms. The molecular weight excluding hydrogens is 200 g/mol. The number of pyridine rings is 1. The Hall–Kier alpha value is -2.08. The Labute approximate surface area is 93.3 Å². The van der Waals surface area contributed by atoms with E-state index in [1.165, 1.54) is 6.20 Å². The van der Waals surface area contributed by atoms with Crippen LogP contribution >= 0.6 is 0 Å². The van der Waals surface area contributed by atoms with Crippen molar-refractivity contribution >= 4 is 10.9 Å². The van der Waals surface area contributed by atoms with Gasteiger partial charge < -0.3 is 4.98 Å². The van der Waals surface area contributed by atoms with Gasteiger partial charge in [-0.05, 0) is 24.1 Å². The standard InChI is InChI=1S/C13H12N2O/c1-2-3-9-4-5-12-11(6-9)13(16)10(7-14)8-15-12/h4-6,8H,2-3H2,1H3,(H,15,16). The zero-order chi connectivity index (χ0) is 11.5. The van der Waals surface area contributed by atoms with Crippen molar-refractivity contribution in [1.29, 1.82) is 5.26 Å². The van der Waals surface area contributed by atoms with E-state index in [2.05, 4.69) is 11.9 Å². The Morgan fingerprint density at radius 3 is 2.94 bits per heavy atom. The van der Waals surface area contributed by atoms with Crippen LogP contribution in [-0.4, -0.2) is 4.98 Å². The summed E-state index contributed by atoms with van der Waals surface area (Å²) in [7, 11) is 0. The van der Waals surface area contributed by atoms with Gasteiger partial charge in [0.05, 0.1) is 0 Å². The highest BCUT2D eigenvalue weighted by molar-refractivity contribution is 5.80. The topological polar surface area (TPSA) is 56.6 Å². The number of aryl methyl sites for hydroxylation is 1. The maximum absolute atomic E-state index is 11.9. The summed E-state index contributed by atoms with van der Waals surface area (Å²) in [6.07, 6.45) is 3.46. The molecule has 3 heteroatoms. The predicted molar refractivity (Wildman–Crippen MR) is 63.3 cm³/mol. The molecule has 0 atom stereocenters. The number of rotatable bonds is 2. The SMILES string of the molecule is CCCc1ccc2[nH]cc(C#N)c(=O)c2c1. The van der Waals surface area contributed by atoms with Crippen LogP contribution in [0, 0.1) is 11.3 Å². The molecule has 1 aromatic heterocycles. The van der Waals surface area contributed by atoms with Gasteiger partial charge in [0.15, 0.2) is 0 Å². The Balaban J connectivity index is 2.71. The zero-order valence-corrected chi connectivity index (χ0v) is 9.08. The van der Waals surface area contributed by atoms with Crippen molar-refractivity contribution in [3.8, 4) is 6.07 Å². The third-order valence-electron chi connectivity index (χ3n) is 2.60. The molecular formula is C13H12N2O. The predicted octanol–water partition coefficient (Wildman–Crippen LogP) is 2.35. The highest BCUT2D eigenvalue weighted by Gasteiger charge is 2.04. The van der Waals surface area contributed by atoms with E-state index in [1.807, 2.05) is 24.3 Å². The van der Waals surface area contributed by atoms with Crippen LogP contribution in [-0.2, 0) is 6.42 Å². The summed E-state index contributed by atoms with van der Waals surface area (Å²) in [6, 6.07) is 7.67. The van der Waals surface area contributed by atoms with Crippen LogP contribution in [0.3, 0.4) is 0 Å². The average Bonchev–Trinajstić information content (AvgIpc) is 2.31. The summed E-state index contributed by atoms with van der Waals surface area (Å²) < 4.78 is 0. The van der Waals surface area contributed by atoms with E-state index in [-0.39, 0.29) is 11.0 Å². The van der Waals surface area contributed by atoms with E-state index in [0.29, 0.717) is 5.39 Å². The van der Waals surface area contributed by atoms with E-state index in [4.69, 9.17) is 5.26 Å². The first-order valence-corrected chi connectivity index (χ1v) is 5.30. The maximum Gasteiger partial charge on any atom is 0.207 e. The first kappa shape index (κ1) is 10.4. The maximum atomic E-state index is 11.9. The van der Waals surface area contributed by atoms with Gasteiger partial charge in [-0.1, -0.05) is 19.4 Å². The minimum absolute atomic E-state index is 0.168. The van der Waals surface area contributed by atoms with Gasteiger partial charge in [0.1, 0.15) is 11.6 Å². The lowest BCUT2D eigenvalue weighted by Crippen LogP contribution is -2.07. The van der Waals surface area contributed by atoms with Crippen LogP contribution in [0.5, 0.6) is 0 Å². The number of nitrogens with one attached hydrogen (secondary N) is 1. The first-order valence-electron chi connectivity index (χ1n) is 5.30. The van der Waals surface area contributed by atoms with Crippen molar-refractivity contribution in [2.45, 2.75) is 19.8 Å². The average molecular weight is 212 g/mol. The molecule has 0 aliphatic carbocycles. The third kappa shape index (κ3) is 1.70. The molecule has 0 unspecified atom stereocenters. The number of nitrogens with zero attached hydrogens (tertiary/aromatic N) is 1. The Bertz CT molecular complexity index is 620. The quantitative estimate of drug-likeness (QED) is 0.830. The second kappa shape index (κ2) is 4.19. The molecule has 0 saturated carbocycles. The molecule has 0 fully saturated rings. The molecule has 1 heterocycles. The fourth-order valence-corrected chi connectivity index (χ4v) is 1.79. The Kier molecular flexibility index (Phi) is 2.74. The second-order valence-corrected chi connectivity index (χ2v) is 3.77. The lowest BCUT2D eigenvalue weighted by Gasteiger charge is -2.02. The molecule has 1 aromatic carbocycles. The first-order chi connectivity index (χ1) is 7.76. The summed E-state index contributed by atoms with van der Waals surface area (Å²) in [5, 5.41) is 9.38. The molecule has 2 rings (SSSR count). The fraction of sp³-hybridized carbons (Fsp3) is 0.231. The van der Waals surface area contributed by atoms with E-state index in [9.17, 15) is 4.79 Å². The molecule has 0 aliphatic rings. The molecule has 0 aliphatic heterocycles. The summed E-state index contributed by atoms with van der Waals surface area (Å²) in [6.45, 7) is 2.10. The number of benzene rings is 1. The van der Waals surface area contributed by atoms with E-state index >= 15 is 0 Å². The van der Waals surface area contributed by atoms with Gasteiger partial charge in [-0.2, -0.15) is 5.26 Å². The number of H-pyrrole nitrogens is 1. The van der Waals surface area contributed by atoms with Crippen LogP contribution < -0.4 is 5.43 Å². The normalized spacial score (nSPS) is 10.2. The highest BCUT2D eigenvalue weighted by atomic mass is 16.1. The number of nitriles is 1. The largest absolute Gasteiger partial charge is 0.360 e. The van der Waals surface area contributed by atoms with Gasteiger partial charge in [-0.15, -0.1) is 0 Å². The van der Waals surface area contributed by atoms with Crippen LogP contribution in [0.2, 0.25) is 0 Å². The number of hydrogen-bond donors (Lipinski definition) is 1. The highest BCUT2D eigenvalue weighted by Crippen LogP contribution is 2.12. The van der Waals surface area contributed by atoms with E-state index in [1.54, 1.807) is 0 Å². The monoisotopic (exact) mass is 212 g/mol. The van der Waals surface area contributed by atoms with Gasteiger partial charge >= 0.3 is 0 Å². The Morgan fingerprint density at radius 2 is 2.25 bits per heavy atom. The van der Waals surface area contributed by atoms with Crippen molar-refractivity contribution in [3.05, 3.63) is 45.7 Å². The van der Waals surface area contributed by atoms with E-state index < -0.39 is 0 Å². The van der Waals surface area contributed by atoms with Crippen LogP contribution in [0.25, 0.3) is 10.9 Å². The van der Waals surface area contributed by atoms with Gasteiger partial charge in [0, 0.05) is 17.1 Å². The van der Waals surface area contributed by atoms with Crippen LogP contribution in [0.4, 0.5) is 0 Å². The van der Waals surface area contributed by atoms with Crippen LogP contribution in [0.15, 0.2) is 29.2 Å². The molecule has 3 nitrogen and oxygen atoms in total. The molecule has 1 N–H and O–H groups in total. The van der Waals surface area contributed by atoms with Crippen molar-refractivity contribution in [3.63, 3.8) is 0 Å². The second-order valence-electron chi connectivity index (χ2n) is 3.77. The van der Waals surface area contributed by atoms with E-state index in [0.717, 1.165) is 23.9 Å². The summed E-state index contributed by atoms with van der Waals surface area (Å²) in [4.78, 5) is 14.8. The minimum atomic E-state index is -0.186. The molecule has 0 spiro atoms. The Morgan fingerprint density at radius 1 is 1.44 bits per heavy atom. The molecule has 2 aromatic rings. The van der Waals surface area contributed by atoms with Gasteiger partial charge in [-0.3, -0.25) is 4.79 Å². The minimum Gasteiger partial charge on any atom is -0.360 e. The molecule has 16 heavy (non-hydrogen) atoms. The number of hydrogen-bond acceptors (Lipinski definition) is 2. The van der Waals surface area contributed by atoms with Gasteiger partial charge in [0.2, 0.25) is 5.43 Å². The smallest absolute Gasteiger partial charge is 0.207 e. The lowest BCUT2D eigenvalue weighted by molar-refractivity contribution is 0.923. The molecule has 0 saturated heterocycles. The summed E-state index contributed by atoms with van der Waals surface area (Å²) in [5.74, 6) is 0.